The highest BCUT2D eigenvalue weighted by molar-refractivity contribution is 5.95. The Hall–Kier alpha value is -2.99. The minimum absolute atomic E-state index is 0.00822. The summed E-state index contributed by atoms with van der Waals surface area (Å²) in [6.45, 7) is 0. The Kier molecular flexibility index (Phi) is 4.26. The summed E-state index contributed by atoms with van der Waals surface area (Å²) in [5.74, 6) is -0.487. The van der Waals surface area contributed by atoms with Crippen LogP contribution in [0.3, 0.4) is 0 Å². The van der Waals surface area contributed by atoms with Crippen LogP contribution in [0.4, 0.5) is 0 Å². The Morgan fingerprint density at radius 2 is 1.96 bits per heavy atom. The third-order valence-corrected chi connectivity index (χ3v) is 4.88. The Morgan fingerprint density at radius 1 is 1.15 bits per heavy atom. The molecule has 0 saturated heterocycles. The summed E-state index contributed by atoms with van der Waals surface area (Å²) in [6, 6.07) is 12.5. The molecule has 0 spiro atoms. The first kappa shape index (κ1) is 16.5. The fourth-order valence-electron chi connectivity index (χ4n) is 3.41. The predicted molar refractivity (Wildman–Crippen MR) is 96.6 cm³/mol. The number of aliphatic hydroxyl groups is 1. The molecule has 1 amide bonds. The van der Waals surface area contributed by atoms with E-state index in [0.717, 1.165) is 16.5 Å². The van der Waals surface area contributed by atoms with Crippen LogP contribution in [0, 0.1) is 5.92 Å². The Labute approximate surface area is 150 Å². The van der Waals surface area contributed by atoms with E-state index in [4.69, 9.17) is 0 Å². The number of aliphatic hydroxyl groups excluding tert-OH is 1. The predicted octanol–water partition coefficient (Wildman–Crippen LogP) is 2.58. The van der Waals surface area contributed by atoms with Crippen LogP contribution in [0.25, 0.3) is 10.9 Å². The molecule has 1 atom stereocenters. The highest BCUT2D eigenvalue weighted by Crippen LogP contribution is 2.38. The average molecular weight is 349 g/mol. The van der Waals surface area contributed by atoms with Crippen LogP contribution in [0.2, 0.25) is 0 Å². The first-order valence-corrected chi connectivity index (χ1v) is 8.59. The molecule has 1 aromatic carbocycles. The zero-order chi connectivity index (χ0) is 18.1. The van der Waals surface area contributed by atoms with E-state index in [2.05, 4.69) is 15.3 Å². The van der Waals surface area contributed by atoms with Crippen LogP contribution in [0.5, 0.6) is 5.75 Å². The van der Waals surface area contributed by atoms with Crippen LogP contribution in [0.1, 0.15) is 34.9 Å². The van der Waals surface area contributed by atoms with E-state index in [-0.39, 0.29) is 29.5 Å². The highest BCUT2D eigenvalue weighted by atomic mass is 16.3. The summed E-state index contributed by atoms with van der Waals surface area (Å²) < 4.78 is 0. The standard InChI is InChI=1S/C20H19N3O3/c24-15-9-13(10-15)18(23-20(26)19-17(25)6-3-7-21-19)14-8-12-4-1-2-5-16(12)22-11-14/h1-8,11,13,15,18,24-25H,9-10H2,(H,23,26). The Morgan fingerprint density at radius 3 is 2.73 bits per heavy atom. The van der Waals surface area contributed by atoms with Crippen molar-refractivity contribution in [3.63, 3.8) is 0 Å². The minimum Gasteiger partial charge on any atom is -0.505 e. The molecule has 1 aliphatic rings. The van der Waals surface area contributed by atoms with Gasteiger partial charge in [-0.15, -0.1) is 0 Å². The summed E-state index contributed by atoms with van der Waals surface area (Å²) >= 11 is 0. The molecule has 132 valence electrons. The van der Waals surface area contributed by atoms with Gasteiger partial charge in [0, 0.05) is 17.8 Å². The van der Waals surface area contributed by atoms with Gasteiger partial charge in [-0.1, -0.05) is 18.2 Å². The normalized spacial score (nSPS) is 20.3. The van der Waals surface area contributed by atoms with Gasteiger partial charge >= 0.3 is 0 Å². The molecule has 2 aromatic heterocycles. The fraction of sp³-hybridized carbons (Fsp3) is 0.250. The zero-order valence-electron chi connectivity index (χ0n) is 14.0. The SMILES string of the molecule is O=C(NC(c1cnc2ccccc2c1)C1CC(O)C1)c1ncccc1O. The number of hydrogen-bond acceptors (Lipinski definition) is 5. The van der Waals surface area contributed by atoms with Gasteiger partial charge in [0.1, 0.15) is 5.75 Å². The summed E-state index contributed by atoms with van der Waals surface area (Å²) in [4.78, 5) is 21.1. The van der Waals surface area contributed by atoms with Crippen molar-refractivity contribution in [2.45, 2.75) is 25.0 Å². The smallest absolute Gasteiger partial charge is 0.274 e. The molecule has 0 radical (unpaired) electrons. The van der Waals surface area contributed by atoms with E-state index in [9.17, 15) is 15.0 Å². The second-order valence-electron chi connectivity index (χ2n) is 6.67. The maximum absolute atomic E-state index is 12.6. The molecule has 0 bridgehead atoms. The fourth-order valence-corrected chi connectivity index (χ4v) is 3.41. The Bertz CT molecular complexity index is 954. The quantitative estimate of drug-likeness (QED) is 0.673. The number of hydrogen-bond donors (Lipinski definition) is 3. The number of para-hydroxylation sites is 1. The van der Waals surface area contributed by atoms with Gasteiger partial charge in [-0.05, 0) is 48.6 Å². The molecule has 6 heteroatoms. The van der Waals surface area contributed by atoms with E-state index < -0.39 is 5.91 Å². The molecule has 1 saturated carbocycles. The molecule has 1 unspecified atom stereocenters. The van der Waals surface area contributed by atoms with E-state index in [1.165, 1.54) is 12.3 Å². The lowest BCUT2D eigenvalue weighted by atomic mass is 9.75. The molecular formula is C20H19N3O3. The van der Waals surface area contributed by atoms with E-state index >= 15 is 0 Å². The van der Waals surface area contributed by atoms with Crippen molar-refractivity contribution in [2.24, 2.45) is 5.92 Å². The number of aromatic nitrogens is 2. The number of amides is 1. The number of nitrogens with zero attached hydrogens (tertiary/aromatic N) is 2. The topological polar surface area (TPSA) is 95.3 Å². The molecule has 1 fully saturated rings. The van der Waals surface area contributed by atoms with Gasteiger partial charge < -0.3 is 15.5 Å². The lowest BCUT2D eigenvalue weighted by Crippen LogP contribution is -2.41. The third kappa shape index (κ3) is 3.11. The molecule has 4 rings (SSSR count). The van der Waals surface area contributed by atoms with Gasteiger partial charge in [0.05, 0.1) is 17.7 Å². The lowest BCUT2D eigenvalue weighted by molar-refractivity contribution is 0.0234. The van der Waals surface area contributed by atoms with E-state index in [1.807, 2.05) is 30.3 Å². The van der Waals surface area contributed by atoms with Crippen LogP contribution < -0.4 is 5.32 Å². The second kappa shape index (κ2) is 6.72. The molecule has 3 aromatic rings. The molecule has 2 heterocycles. The maximum atomic E-state index is 12.6. The molecule has 26 heavy (non-hydrogen) atoms. The number of pyridine rings is 2. The number of fused-ring (bicyclic) bond motifs is 1. The maximum Gasteiger partial charge on any atom is 0.274 e. The van der Waals surface area contributed by atoms with Crippen molar-refractivity contribution in [2.75, 3.05) is 0 Å². The Balaban J connectivity index is 1.65. The van der Waals surface area contributed by atoms with E-state index in [0.29, 0.717) is 12.8 Å². The third-order valence-electron chi connectivity index (χ3n) is 4.88. The molecule has 3 N–H and O–H groups in total. The van der Waals surface area contributed by atoms with Crippen molar-refractivity contribution in [3.05, 3.63) is 66.1 Å². The number of nitrogens with one attached hydrogen (secondary N) is 1. The van der Waals surface area contributed by atoms with Gasteiger partial charge in [-0.3, -0.25) is 9.78 Å². The number of carbonyl (C=O) groups excluding carboxylic acids is 1. The number of aromatic hydroxyl groups is 1. The van der Waals surface area contributed by atoms with Gasteiger partial charge in [-0.2, -0.15) is 0 Å². The molecular weight excluding hydrogens is 330 g/mol. The first-order valence-electron chi connectivity index (χ1n) is 8.59. The van der Waals surface area contributed by atoms with Gasteiger partial charge in [-0.25, -0.2) is 4.98 Å². The van der Waals surface area contributed by atoms with Crippen molar-refractivity contribution in [1.29, 1.82) is 0 Å². The van der Waals surface area contributed by atoms with Crippen LogP contribution in [0.15, 0.2) is 54.9 Å². The monoisotopic (exact) mass is 349 g/mol. The number of carbonyl (C=O) groups is 1. The largest absolute Gasteiger partial charge is 0.505 e. The van der Waals surface area contributed by atoms with Crippen molar-refractivity contribution < 1.29 is 15.0 Å². The average Bonchev–Trinajstić information content (AvgIpc) is 2.63. The summed E-state index contributed by atoms with van der Waals surface area (Å²) in [6.07, 6.45) is 4.12. The highest BCUT2D eigenvalue weighted by Gasteiger charge is 2.36. The molecule has 0 aliphatic heterocycles. The van der Waals surface area contributed by atoms with E-state index in [1.54, 1.807) is 12.3 Å². The zero-order valence-corrected chi connectivity index (χ0v) is 14.0. The summed E-state index contributed by atoms with van der Waals surface area (Å²) in [5.41, 5.74) is 1.76. The van der Waals surface area contributed by atoms with Gasteiger partial charge in [0.25, 0.3) is 5.91 Å². The van der Waals surface area contributed by atoms with Crippen LogP contribution in [-0.2, 0) is 0 Å². The first-order chi connectivity index (χ1) is 12.6. The molecule has 6 nitrogen and oxygen atoms in total. The second-order valence-corrected chi connectivity index (χ2v) is 6.67. The van der Waals surface area contributed by atoms with Gasteiger partial charge in [0.2, 0.25) is 0 Å². The summed E-state index contributed by atoms with van der Waals surface area (Å²) in [5, 5.41) is 23.5. The van der Waals surface area contributed by atoms with Crippen molar-refractivity contribution >= 4 is 16.8 Å². The number of rotatable bonds is 4. The van der Waals surface area contributed by atoms with Gasteiger partial charge in [0.15, 0.2) is 5.69 Å². The summed E-state index contributed by atoms with van der Waals surface area (Å²) in [7, 11) is 0. The van der Waals surface area contributed by atoms with Crippen molar-refractivity contribution in [3.8, 4) is 5.75 Å². The number of benzene rings is 1. The molecule has 1 aliphatic carbocycles. The lowest BCUT2D eigenvalue weighted by Gasteiger charge is -2.38. The van der Waals surface area contributed by atoms with Crippen molar-refractivity contribution in [1.82, 2.24) is 15.3 Å². The minimum atomic E-state index is -0.442. The van der Waals surface area contributed by atoms with Crippen LogP contribution in [-0.4, -0.2) is 32.2 Å². The van der Waals surface area contributed by atoms with Crippen LogP contribution >= 0.6 is 0 Å².